The van der Waals surface area contributed by atoms with E-state index in [9.17, 15) is 24.6 Å². The normalized spacial score (nSPS) is 18.1. The van der Waals surface area contributed by atoms with Crippen LogP contribution >= 0.6 is 70.1 Å². The molecule has 8 N–H and O–H groups in total. The molecule has 0 saturated carbocycles. The number of aryl methyl sites for hydroxylation is 3. The highest BCUT2D eigenvalue weighted by Gasteiger charge is 2.32. The molecule has 0 bridgehead atoms. The van der Waals surface area contributed by atoms with Crippen molar-refractivity contribution in [3.8, 4) is 34.5 Å². The van der Waals surface area contributed by atoms with Crippen molar-refractivity contribution in [1.82, 2.24) is 58.3 Å². The van der Waals surface area contributed by atoms with Gasteiger partial charge in [0.25, 0.3) is 11.8 Å². The topological polar surface area (TPSA) is 327 Å². The summed E-state index contributed by atoms with van der Waals surface area (Å²) in [7, 11) is 0. The summed E-state index contributed by atoms with van der Waals surface area (Å²) in [5.41, 5.74) is 23.0. The van der Waals surface area contributed by atoms with Gasteiger partial charge in [0.2, 0.25) is 26.3 Å². The third-order valence-corrected chi connectivity index (χ3v) is 22.2. The van der Waals surface area contributed by atoms with Gasteiger partial charge in [0.15, 0.2) is 67.4 Å². The molecule has 0 radical (unpaired) electrons. The molecule has 3 saturated heterocycles. The maximum atomic E-state index is 12.1. The monoisotopic (exact) mass is 1440 g/mol. The summed E-state index contributed by atoms with van der Waals surface area (Å²) >= 11 is 23.8. The molecule has 32 heteroatoms. The summed E-state index contributed by atoms with van der Waals surface area (Å²) in [6, 6.07) is 16.6. The molecule has 9 aromatic rings. The standard InChI is InChI=1S/2C22H24ClN5O4S.C21H22ClN5O3S/c2*1-12(29)21(30)27-6-3-13(10-27)4-7-28-15-2-5-25-20(24)19(15)26-22(28)33-18-9-17-16(8-14(18)23)31-11-32-17;1-12(28)26-6-3-13(10-26)4-7-27-15-2-5-24-20(23)19(15)25-21(27)31-18-9-17-16(8-14(18)22)29-11-30-17/h2*2,5,8-9,12-13,29H,3-4,6-7,10-11H2,1H3,(H2,24,25);2,5,8-9,13H,3-4,6-7,10-11H2,1H3,(H2,23,24)/t2*12-,13?;/m10./s1. The molecular formula is C65H70Cl3N15O11S3. The number of halogens is 3. The number of amides is 3. The van der Waals surface area contributed by atoms with E-state index in [4.69, 9.17) is 95.4 Å². The van der Waals surface area contributed by atoms with Crippen LogP contribution < -0.4 is 45.6 Å². The van der Waals surface area contributed by atoms with Gasteiger partial charge in [0.05, 0.1) is 31.6 Å². The number of benzene rings is 3. The number of aliphatic hydroxyl groups is 2. The summed E-state index contributed by atoms with van der Waals surface area (Å²) in [5.74, 6) is 5.90. The second-order valence-corrected chi connectivity index (χ2v) is 28.5. The van der Waals surface area contributed by atoms with Gasteiger partial charge in [-0.25, -0.2) is 29.9 Å². The van der Waals surface area contributed by atoms with Gasteiger partial charge in [-0.1, -0.05) is 34.8 Å². The number of hydrogen-bond donors (Lipinski definition) is 5. The largest absolute Gasteiger partial charge is 0.454 e. The Morgan fingerprint density at radius 1 is 0.495 bits per heavy atom. The molecule has 6 aromatic heterocycles. The van der Waals surface area contributed by atoms with Crippen LogP contribution in [0.25, 0.3) is 33.1 Å². The molecule has 12 heterocycles. The lowest BCUT2D eigenvalue weighted by Crippen LogP contribution is -2.36. The van der Waals surface area contributed by atoms with Crippen molar-refractivity contribution < 1.29 is 53.0 Å². The van der Waals surface area contributed by atoms with Gasteiger partial charge < -0.3 is 84.2 Å². The molecule has 3 amide bonds. The van der Waals surface area contributed by atoms with Crippen molar-refractivity contribution in [3.05, 3.63) is 88.3 Å². The Balaban J connectivity index is 0.000000131. The van der Waals surface area contributed by atoms with Crippen molar-refractivity contribution in [2.75, 3.05) is 76.8 Å². The summed E-state index contributed by atoms with van der Waals surface area (Å²) in [5, 5.41) is 23.2. The van der Waals surface area contributed by atoms with Gasteiger partial charge in [-0.3, -0.25) is 14.4 Å². The first-order chi connectivity index (χ1) is 46.8. The zero-order valence-corrected chi connectivity index (χ0v) is 57.8. The van der Waals surface area contributed by atoms with Crippen LogP contribution in [0, 0.1) is 17.8 Å². The highest BCUT2D eigenvalue weighted by Crippen LogP contribution is 2.47. The number of carbonyl (C=O) groups excluding carboxylic acids is 3. The van der Waals surface area contributed by atoms with Crippen molar-refractivity contribution in [3.63, 3.8) is 0 Å². The second kappa shape index (κ2) is 29.2. The van der Waals surface area contributed by atoms with E-state index in [-0.39, 0.29) is 38.1 Å². The zero-order valence-electron chi connectivity index (χ0n) is 53.1. The van der Waals surface area contributed by atoms with E-state index in [1.807, 2.05) is 41.3 Å². The third kappa shape index (κ3) is 14.7. The Labute approximate surface area is 584 Å². The second-order valence-electron chi connectivity index (χ2n) is 24.3. The lowest BCUT2D eigenvalue weighted by atomic mass is 10.1. The number of nitrogens with zero attached hydrogens (tertiary/aromatic N) is 12. The maximum Gasteiger partial charge on any atom is 0.251 e. The van der Waals surface area contributed by atoms with E-state index in [0.29, 0.717) is 141 Å². The molecule has 5 atom stereocenters. The summed E-state index contributed by atoms with van der Waals surface area (Å²) in [4.78, 5) is 70.6. The summed E-state index contributed by atoms with van der Waals surface area (Å²) in [6.07, 6.45) is 8.62. The number of anilines is 3. The van der Waals surface area contributed by atoms with Crippen LogP contribution in [0.5, 0.6) is 34.5 Å². The van der Waals surface area contributed by atoms with E-state index in [2.05, 4.69) is 28.7 Å². The molecule has 3 aromatic carbocycles. The molecule has 0 aliphatic carbocycles. The number of hydrogen-bond acceptors (Lipinski definition) is 23. The first-order valence-corrected chi connectivity index (χ1v) is 35.2. The SMILES string of the molecule is CC(=O)N1CCC(CCn2c(Sc3cc4c(cc3Cl)OCO4)nc3c(N)nccc32)C1.C[C@@H](O)C(=O)N1CCC(CCn2c(Sc3cc4c(cc3Cl)OCO4)nc3c(N)nccc32)C1.C[C@H](O)C(=O)N1CCC(CCn2c(Sc3cc4c(cc3Cl)OCO4)nc3c(N)nccc32)C1. The van der Waals surface area contributed by atoms with Crippen molar-refractivity contribution >= 4 is 138 Å². The van der Waals surface area contributed by atoms with Gasteiger partial charge in [-0.2, -0.15) is 0 Å². The number of rotatable bonds is 17. The number of nitrogen functional groups attached to an aromatic ring is 3. The van der Waals surface area contributed by atoms with E-state index >= 15 is 0 Å². The maximum absolute atomic E-state index is 12.1. The Kier molecular flexibility index (Phi) is 20.3. The first kappa shape index (κ1) is 67.5. The molecule has 26 nitrogen and oxygen atoms in total. The van der Waals surface area contributed by atoms with Crippen LogP contribution in [0.3, 0.4) is 0 Å². The van der Waals surface area contributed by atoms with Crippen molar-refractivity contribution in [2.45, 2.75) is 121 Å². The number of pyridine rings is 3. The molecule has 3 unspecified atom stereocenters. The van der Waals surface area contributed by atoms with Crippen LogP contribution in [0.15, 0.2) is 103 Å². The predicted molar refractivity (Wildman–Crippen MR) is 368 cm³/mol. The van der Waals surface area contributed by atoms with Gasteiger partial charge in [0.1, 0.15) is 28.8 Å². The highest BCUT2D eigenvalue weighted by molar-refractivity contribution is 7.99. The minimum Gasteiger partial charge on any atom is -0.454 e. The fourth-order valence-electron chi connectivity index (χ4n) is 12.6. The number of aromatic nitrogens is 9. The third-order valence-electron chi connectivity index (χ3n) is 17.8. The molecule has 6 aliphatic rings. The number of imidazole rings is 3. The molecule has 3 fully saturated rings. The predicted octanol–water partition coefficient (Wildman–Crippen LogP) is 10.1. The first-order valence-electron chi connectivity index (χ1n) is 31.6. The summed E-state index contributed by atoms with van der Waals surface area (Å²) in [6.45, 7) is 11.6. The van der Waals surface area contributed by atoms with E-state index in [0.717, 1.165) is 105 Å². The Morgan fingerprint density at radius 3 is 1.07 bits per heavy atom. The van der Waals surface area contributed by atoms with Gasteiger partial charge in [-0.15, -0.1) is 0 Å². The number of nitrogens with two attached hydrogens (primary N) is 3. The summed E-state index contributed by atoms with van der Waals surface area (Å²) < 4.78 is 39.1. The van der Waals surface area contributed by atoms with Crippen molar-refractivity contribution in [2.24, 2.45) is 17.8 Å². The Morgan fingerprint density at radius 2 is 0.784 bits per heavy atom. The molecule has 0 spiro atoms. The quantitative estimate of drug-likeness (QED) is 0.0566. The minimum atomic E-state index is -0.966. The number of aliphatic hydroxyl groups excluding tert-OH is 2. The Hall–Kier alpha value is -8.03. The fraction of sp³-hybridized carbons (Fsp3) is 0.400. The molecule has 15 rings (SSSR count). The highest BCUT2D eigenvalue weighted by atomic mass is 35.5. The fourth-order valence-corrected chi connectivity index (χ4v) is 16.3. The van der Waals surface area contributed by atoms with Gasteiger partial charge in [-0.05, 0) is 142 Å². The van der Waals surface area contributed by atoms with Crippen molar-refractivity contribution in [1.29, 1.82) is 0 Å². The van der Waals surface area contributed by atoms with Crippen LogP contribution in [0.1, 0.15) is 59.3 Å². The lowest BCUT2D eigenvalue weighted by Gasteiger charge is -2.18. The smallest absolute Gasteiger partial charge is 0.251 e. The number of likely N-dealkylation sites (tertiary alicyclic amines) is 3. The lowest BCUT2D eigenvalue weighted by molar-refractivity contribution is -0.138. The molecule has 510 valence electrons. The van der Waals surface area contributed by atoms with Gasteiger partial charge >= 0.3 is 0 Å². The van der Waals surface area contributed by atoms with Crippen LogP contribution in [-0.2, 0) is 34.0 Å². The van der Waals surface area contributed by atoms with Crippen LogP contribution in [-0.4, -0.2) is 158 Å². The van der Waals surface area contributed by atoms with Gasteiger partial charge in [0, 0.05) is 117 Å². The van der Waals surface area contributed by atoms with Crippen LogP contribution in [0.4, 0.5) is 17.5 Å². The molecular weight excluding hydrogens is 1370 g/mol. The van der Waals surface area contributed by atoms with E-state index in [1.54, 1.807) is 53.5 Å². The minimum absolute atomic E-state index is 0.142. The molecule has 97 heavy (non-hydrogen) atoms. The number of ether oxygens (including phenoxy) is 6. The van der Waals surface area contributed by atoms with Crippen LogP contribution in [0.2, 0.25) is 15.1 Å². The molecule has 6 aliphatic heterocycles. The Bertz CT molecular complexity index is 4300. The average Bonchev–Trinajstić information content (AvgIpc) is 1.64. The number of fused-ring (bicyclic) bond motifs is 6. The van der Waals surface area contributed by atoms with E-state index in [1.165, 1.54) is 49.1 Å². The number of carbonyl (C=O) groups is 3. The average molecular weight is 1440 g/mol. The van der Waals surface area contributed by atoms with E-state index < -0.39 is 12.2 Å². The zero-order chi connectivity index (χ0) is 67.8.